The minimum atomic E-state index is -1.01. The van der Waals surface area contributed by atoms with Crippen LogP contribution in [0.2, 0.25) is 0 Å². The topological polar surface area (TPSA) is 92.4 Å². The summed E-state index contributed by atoms with van der Waals surface area (Å²) in [6.07, 6.45) is -0.369. The van der Waals surface area contributed by atoms with Gasteiger partial charge in [-0.05, 0) is 6.92 Å². The number of nitrogens with two attached hydrogens (primary N) is 1. The smallest absolute Gasteiger partial charge is 0.240 e. The van der Waals surface area contributed by atoms with E-state index in [4.69, 9.17) is 10.8 Å². The summed E-state index contributed by atoms with van der Waals surface area (Å²) in [6, 6.07) is -1.66. The summed E-state index contributed by atoms with van der Waals surface area (Å²) in [5.41, 5.74) is 5.31. The fourth-order valence-electron chi connectivity index (χ4n) is 0.621. The van der Waals surface area contributed by atoms with Crippen molar-refractivity contribution in [2.24, 2.45) is 5.73 Å². The van der Waals surface area contributed by atoms with Crippen molar-refractivity contribution in [1.82, 2.24) is 5.32 Å². The van der Waals surface area contributed by atoms with Crippen LogP contribution in [0.5, 0.6) is 0 Å². The van der Waals surface area contributed by atoms with E-state index in [1.165, 1.54) is 6.92 Å². The monoisotopic (exact) mass is 206 g/mol. The van der Waals surface area contributed by atoms with Gasteiger partial charge < -0.3 is 21.0 Å². The van der Waals surface area contributed by atoms with Gasteiger partial charge in [-0.2, -0.15) is 12.6 Å². The summed E-state index contributed by atoms with van der Waals surface area (Å²) >= 11 is 3.84. The van der Waals surface area contributed by atoms with E-state index in [-0.39, 0.29) is 5.75 Å². The zero-order valence-corrected chi connectivity index (χ0v) is 8.20. The Kier molecular flexibility index (Phi) is 5.68. The molecule has 0 unspecified atom stereocenters. The highest BCUT2D eigenvalue weighted by molar-refractivity contribution is 7.80. The molecule has 0 aromatic heterocycles. The number of carbonyl (C=O) groups is 2. The number of amides is 1. The number of rotatable bonds is 5. The van der Waals surface area contributed by atoms with Crippen molar-refractivity contribution in [3.05, 3.63) is 0 Å². The zero-order chi connectivity index (χ0) is 10.4. The molecule has 0 fully saturated rings. The van der Waals surface area contributed by atoms with Gasteiger partial charge in [0.05, 0.1) is 12.1 Å². The number of hydrogen-bond donors (Lipinski definition) is 4. The van der Waals surface area contributed by atoms with Crippen LogP contribution in [0.15, 0.2) is 0 Å². The molecule has 0 radical (unpaired) electrons. The summed E-state index contributed by atoms with van der Waals surface area (Å²) in [5, 5.41) is 11.3. The van der Waals surface area contributed by atoms with Gasteiger partial charge in [-0.1, -0.05) is 0 Å². The highest BCUT2D eigenvalue weighted by Gasteiger charge is 2.20. The third-order valence-electron chi connectivity index (χ3n) is 1.51. The number of aliphatic hydroxyl groups is 1. The van der Waals surface area contributed by atoms with Crippen molar-refractivity contribution in [3.63, 3.8) is 0 Å². The van der Waals surface area contributed by atoms with Crippen LogP contribution < -0.4 is 11.1 Å². The van der Waals surface area contributed by atoms with Gasteiger partial charge in [-0.3, -0.25) is 4.79 Å². The van der Waals surface area contributed by atoms with Crippen LogP contribution in [-0.4, -0.2) is 41.2 Å². The largest absolute Gasteiger partial charge is 0.391 e. The van der Waals surface area contributed by atoms with E-state index >= 15 is 0 Å². The number of nitrogens with one attached hydrogen (secondary N) is 1. The standard InChI is InChI=1S/C7H14N2O3S/c1-4(11)6(8)7(12)9-5(2-10)3-13/h2,4-6,11,13H,3,8H2,1H3,(H,9,12)/t4-,5-,6+/m1/s1. The minimum absolute atomic E-state index is 0.210. The van der Waals surface area contributed by atoms with E-state index in [1.54, 1.807) is 0 Å². The molecule has 1 amide bonds. The van der Waals surface area contributed by atoms with E-state index in [2.05, 4.69) is 17.9 Å². The first-order valence-corrected chi connectivity index (χ1v) is 4.46. The van der Waals surface area contributed by atoms with Gasteiger partial charge in [0, 0.05) is 5.75 Å². The summed E-state index contributed by atoms with van der Waals surface area (Å²) in [7, 11) is 0. The van der Waals surface area contributed by atoms with Gasteiger partial charge in [-0.15, -0.1) is 0 Å². The van der Waals surface area contributed by atoms with Crippen LogP contribution in [0, 0.1) is 0 Å². The third kappa shape index (κ3) is 4.25. The fraction of sp³-hybridized carbons (Fsp3) is 0.714. The minimum Gasteiger partial charge on any atom is -0.391 e. The first-order chi connectivity index (χ1) is 6.02. The molecule has 0 aromatic rings. The molecule has 0 aliphatic heterocycles. The second-order valence-electron chi connectivity index (χ2n) is 2.70. The second-order valence-corrected chi connectivity index (χ2v) is 3.07. The molecule has 0 heterocycles. The molecule has 0 aliphatic rings. The average molecular weight is 206 g/mol. The molecule has 0 saturated carbocycles. The Balaban J connectivity index is 4.05. The highest BCUT2D eigenvalue weighted by Crippen LogP contribution is 1.90. The lowest BCUT2D eigenvalue weighted by Gasteiger charge is -2.16. The molecule has 5 nitrogen and oxygen atoms in total. The molecule has 0 aromatic carbocycles. The Bertz CT molecular complexity index is 187. The molecule has 76 valence electrons. The van der Waals surface area contributed by atoms with Gasteiger partial charge in [0.15, 0.2) is 0 Å². The quantitative estimate of drug-likeness (QED) is 0.319. The Labute approximate surface area is 82.1 Å². The zero-order valence-electron chi connectivity index (χ0n) is 7.30. The van der Waals surface area contributed by atoms with E-state index in [1.807, 2.05) is 0 Å². The number of thiol groups is 1. The van der Waals surface area contributed by atoms with Gasteiger partial charge in [0.2, 0.25) is 5.91 Å². The van der Waals surface area contributed by atoms with Crippen molar-refractivity contribution in [2.75, 3.05) is 5.75 Å². The highest BCUT2D eigenvalue weighted by atomic mass is 32.1. The van der Waals surface area contributed by atoms with Gasteiger partial charge in [0.25, 0.3) is 0 Å². The lowest BCUT2D eigenvalue weighted by molar-refractivity contribution is -0.126. The Hall–Kier alpha value is -0.590. The first-order valence-electron chi connectivity index (χ1n) is 3.83. The summed E-state index contributed by atoms with van der Waals surface area (Å²) in [4.78, 5) is 21.4. The molecule has 0 spiro atoms. The maximum atomic E-state index is 11.1. The van der Waals surface area contributed by atoms with Crippen molar-refractivity contribution in [1.29, 1.82) is 0 Å². The average Bonchev–Trinajstić information content (AvgIpc) is 2.12. The van der Waals surface area contributed by atoms with Crippen molar-refractivity contribution in [3.8, 4) is 0 Å². The molecular formula is C7H14N2O3S. The van der Waals surface area contributed by atoms with Crippen LogP contribution in [0.4, 0.5) is 0 Å². The van der Waals surface area contributed by atoms with Gasteiger partial charge in [0.1, 0.15) is 12.3 Å². The van der Waals surface area contributed by atoms with Crippen LogP contribution in [0.3, 0.4) is 0 Å². The van der Waals surface area contributed by atoms with Crippen LogP contribution in [0.1, 0.15) is 6.92 Å². The van der Waals surface area contributed by atoms with Crippen LogP contribution >= 0.6 is 12.6 Å². The Morgan fingerprint density at radius 2 is 2.31 bits per heavy atom. The molecule has 0 rings (SSSR count). The predicted molar refractivity (Wildman–Crippen MR) is 51.5 cm³/mol. The molecule has 6 heteroatoms. The maximum Gasteiger partial charge on any atom is 0.240 e. The van der Waals surface area contributed by atoms with Crippen LogP contribution in [-0.2, 0) is 9.59 Å². The van der Waals surface area contributed by atoms with E-state index in [9.17, 15) is 9.59 Å². The molecule has 0 bridgehead atoms. The molecule has 4 N–H and O–H groups in total. The SMILES string of the molecule is C[C@@H](O)[C@H](N)C(=O)N[C@H](C=O)CS. The number of aliphatic hydroxyl groups excluding tert-OH is 1. The third-order valence-corrected chi connectivity index (χ3v) is 1.90. The second kappa shape index (κ2) is 5.95. The number of hydrogen-bond acceptors (Lipinski definition) is 5. The predicted octanol–water partition coefficient (Wildman–Crippen LogP) is -1.69. The summed E-state index contributed by atoms with van der Waals surface area (Å²) in [6.45, 7) is 1.40. The lowest BCUT2D eigenvalue weighted by atomic mass is 10.2. The molecule has 3 atom stereocenters. The van der Waals surface area contributed by atoms with Crippen LogP contribution in [0.25, 0.3) is 0 Å². The maximum absolute atomic E-state index is 11.1. The number of carbonyl (C=O) groups excluding carboxylic acids is 2. The van der Waals surface area contributed by atoms with E-state index < -0.39 is 24.1 Å². The van der Waals surface area contributed by atoms with E-state index in [0.717, 1.165) is 0 Å². The summed E-state index contributed by atoms with van der Waals surface area (Å²) < 4.78 is 0. The molecule has 0 saturated heterocycles. The van der Waals surface area contributed by atoms with Gasteiger partial charge >= 0.3 is 0 Å². The normalized spacial score (nSPS) is 17.2. The molecule has 13 heavy (non-hydrogen) atoms. The van der Waals surface area contributed by atoms with Crippen molar-refractivity contribution in [2.45, 2.75) is 25.1 Å². The molecule has 0 aliphatic carbocycles. The fourth-order valence-corrected chi connectivity index (χ4v) is 0.798. The summed E-state index contributed by atoms with van der Waals surface area (Å²) in [5.74, 6) is -0.344. The van der Waals surface area contributed by atoms with Gasteiger partial charge in [-0.25, -0.2) is 0 Å². The Morgan fingerprint density at radius 1 is 1.77 bits per heavy atom. The first kappa shape index (κ1) is 12.4. The number of aldehydes is 1. The van der Waals surface area contributed by atoms with E-state index in [0.29, 0.717) is 6.29 Å². The van der Waals surface area contributed by atoms with Crippen molar-refractivity contribution < 1.29 is 14.7 Å². The van der Waals surface area contributed by atoms with Crippen molar-refractivity contribution >= 4 is 24.8 Å². The molecular weight excluding hydrogens is 192 g/mol. The lowest BCUT2D eigenvalue weighted by Crippen LogP contribution is -2.51. The Morgan fingerprint density at radius 3 is 2.62 bits per heavy atom.